The molecule has 20 heavy (non-hydrogen) atoms. The summed E-state index contributed by atoms with van der Waals surface area (Å²) in [4.78, 5) is 12.0. The van der Waals surface area contributed by atoms with E-state index in [-0.39, 0.29) is 5.91 Å². The van der Waals surface area contributed by atoms with E-state index in [4.69, 9.17) is 0 Å². The molecule has 0 bridgehead atoms. The van der Waals surface area contributed by atoms with Crippen molar-refractivity contribution in [1.82, 2.24) is 15.1 Å². The number of amides is 1. The van der Waals surface area contributed by atoms with Gasteiger partial charge in [-0.15, -0.1) is 0 Å². The van der Waals surface area contributed by atoms with Gasteiger partial charge in [-0.2, -0.15) is 5.10 Å². The number of nitrogens with one attached hydrogen (secondary N) is 2. The number of carbonyl (C=O) groups is 1. The molecule has 0 aliphatic heterocycles. The Balaban J connectivity index is 2.54. The lowest BCUT2D eigenvalue weighted by atomic mass is 10.2. The molecule has 1 aromatic heterocycles. The van der Waals surface area contributed by atoms with Crippen LogP contribution in [0.2, 0.25) is 0 Å². The van der Waals surface area contributed by atoms with Crippen LogP contribution in [0.25, 0.3) is 0 Å². The van der Waals surface area contributed by atoms with Gasteiger partial charge >= 0.3 is 0 Å². The number of hydrogen-bond donors (Lipinski definition) is 2. The molecule has 1 amide bonds. The van der Waals surface area contributed by atoms with Crippen molar-refractivity contribution >= 4 is 11.6 Å². The van der Waals surface area contributed by atoms with E-state index < -0.39 is 0 Å². The molecule has 1 heterocycles. The van der Waals surface area contributed by atoms with Gasteiger partial charge in [0.25, 0.3) is 0 Å². The number of anilines is 1. The predicted octanol–water partition coefficient (Wildman–Crippen LogP) is 2.80. The van der Waals surface area contributed by atoms with Gasteiger partial charge in [0.15, 0.2) is 0 Å². The molecule has 0 spiro atoms. The summed E-state index contributed by atoms with van der Waals surface area (Å²) in [5, 5.41) is 10.8. The lowest BCUT2D eigenvalue weighted by Gasteiger charge is -2.10. The third-order valence-corrected chi connectivity index (χ3v) is 3.21. The molecular formula is C15H28N4O. The summed E-state index contributed by atoms with van der Waals surface area (Å²) < 4.78 is 1.95. The summed E-state index contributed by atoms with van der Waals surface area (Å²) >= 11 is 0. The molecule has 0 radical (unpaired) electrons. The van der Waals surface area contributed by atoms with Crippen LogP contribution >= 0.6 is 0 Å². The average molecular weight is 280 g/mol. The van der Waals surface area contributed by atoms with Gasteiger partial charge in [-0.05, 0) is 40.7 Å². The molecule has 1 aromatic rings. The summed E-state index contributed by atoms with van der Waals surface area (Å²) in [6, 6.07) is 0.765. The van der Waals surface area contributed by atoms with Crippen molar-refractivity contribution in [3.8, 4) is 0 Å². The number of aromatic nitrogens is 2. The largest absolute Gasteiger partial charge is 0.323 e. The normalized spacial score (nSPS) is 11.4. The van der Waals surface area contributed by atoms with Crippen LogP contribution in [0.15, 0.2) is 0 Å². The quantitative estimate of drug-likeness (QED) is 0.755. The van der Waals surface area contributed by atoms with Crippen LogP contribution in [0.4, 0.5) is 5.69 Å². The Kier molecular flexibility index (Phi) is 6.20. The van der Waals surface area contributed by atoms with Crippen LogP contribution in [0.3, 0.4) is 0 Å². The van der Waals surface area contributed by atoms with Gasteiger partial charge < -0.3 is 10.6 Å². The third kappa shape index (κ3) is 4.63. The Hall–Kier alpha value is -1.36. The van der Waals surface area contributed by atoms with E-state index in [9.17, 15) is 4.79 Å². The van der Waals surface area contributed by atoms with Crippen LogP contribution in [0.5, 0.6) is 0 Å². The highest BCUT2D eigenvalue weighted by atomic mass is 16.1. The van der Waals surface area contributed by atoms with E-state index in [1.165, 1.54) is 0 Å². The Morgan fingerprint density at radius 2 is 1.90 bits per heavy atom. The monoisotopic (exact) mass is 280 g/mol. The van der Waals surface area contributed by atoms with Crippen molar-refractivity contribution in [2.75, 3.05) is 11.9 Å². The van der Waals surface area contributed by atoms with Gasteiger partial charge in [0.05, 0.1) is 17.1 Å². The third-order valence-electron chi connectivity index (χ3n) is 3.21. The second-order valence-corrected chi connectivity index (χ2v) is 5.84. The van der Waals surface area contributed by atoms with Gasteiger partial charge in [0.2, 0.25) is 5.91 Å². The summed E-state index contributed by atoms with van der Waals surface area (Å²) in [7, 11) is 0. The topological polar surface area (TPSA) is 59.0 Å². The van der Waals surface area contributed by atoms with E-state index in [0.717, 1.165) is 30.0 Å². The van der Waals surface area contributed by atoms with Crippen LogP contribution in [-0.2, 0) is 4.79 Å². The van der Waals surface area contributed by atoms with E-state index in [1.807, 2.05) is 18.5 Å². The van der Waals surface area contributed by atoms with Crippen molar-refractivity contribution in [2.45, 2.75) is 66.5 Å². The van der Waals surface area contributed by atoms with E-state index in [2.05, 4.69) is 43.4 Å². The predicted molar refractivity (Wildman–Crippen MR) is 83.1 cm³/mol. The zero-order chi connectivity index (χ0) is 15.3. The molecule has 0 saturated carbocycles. The second-order valence-electron chi connectivity index (χ2n) is 5.84. The smallest absolute Gasteiger partial charge is 0.224 e. The van der Waals surface area contributed by atoms with Gasteiger partial charge in [0, 0.05) is 18.5 Å². The first kappa shape index (κ1) is 16.7. The molecule has 0 aliphatic rings. The zero-order valence-electron chi connectivity index (χ0n) is 13.6. The summed E-state index contributed by atoms with van der Waals surface area (Å²) in [5.74, 6) is 0.0602. The van der Waals surface area contributed by atoms with E-state index >= 15 is 0 Å². The number of carbonyl (C=O) groups excluding carboxylic acids is 1. The molecule has 5 nitrogen and oxygen atoms in total. The Bertz CT molecular complexity index is 449. The Morgan fingerprint density at radius 1 is 1.25 bits per heavy atom. The van der Waals surface area contributed by atoms with Crippen molar-refractivity contribution in [1.29, 1.82) is 0 Å². The van der Waals surface area contributed by atoms with Gasteiger partial charge in [-0.3, -0.25) is 9.48 Å². The summed E-state index contributed by atoms with van der Waals surface area (Å²) in [6.45, 7) is 13.2. The standard InChI is InChI=1S/C15H28N4O/c1-10(2)16-9-7-8-14(20)17-15-12(5)18-19(11(3)4)13(15)6/h10-11,16H,7-9H2,1-6H3,(H,17,20). The number of nitrogens with zero attached hydrogens (tertiary/aromatic N) is 2. The highest BCUT2D eigenvalue weighted by Gasteiger charge is 2.15. The number of aryl methyl sites for hydroxylation is 1. The highest BCUT2D eigenvalue weighted by Crippen LogP contribution is 2.22. The number of rotatable bonds is 7. The second kappa shape index (κ2) is 7.43. The van der Waals surface area contributed by atoms with Crippen LogP contribution in [-0.4, -0.2) is 28.3 Å². The first-order valence-corrected chi connectivity index (χ1v) is 7.41. The minimum Gasteiger partial charge on any atom is -0.323 e. The summed E-state index contributed by atoms with van der Waals surface area (Å²) in [6.07, 6.45) is 1.38. The molecule has 2 N–H and O–H groups in total. The van der Waals surface area contributed by atoms with Crippen LogP contribution < -0.4 is 10.6 Å². The fraction of sp³-hybridized carbons (Fsp3) is 0.733. The van der Waals surface area contributed by atoms with Crippen molar-refractivity contribution in [3.05, 3.63) is 11.4 Å². The molecule has 0 saturated heterocycles. The van der Waals surface area contributed by atoms with Gasteiger partial charge in [0.1, 0.15) is 0 Å². The first-order valence-electron chi connectivity index (χ1n) is 7.41. The van der Waals surface area contributed by atoms with Gasteiger partial charge in [-0.1, -0.05) is 13.8 Å². The minimum absolute atomic E-state index is 0.0602. The lowest BCUT2D eigenvalue weighted by molar-refractivity contribution is -0.116. The van der Waals surface area contributed by atoms with Crippen molar-refractivity contribution in [2.24, 2.45) is 0 Å². The van der Waals surface area contributed by atoms with Gasteiger partial charge in [-0.25, -0.2) is 0 Å². The molecule has 0 unspecified atom stereocenters. The minimum atomic E-state index is 0.0602. The Labute approximate surface area is 122 Å². The molecule has 0 fully saturated rings. The number of hydrogen-bond acceptors (Lipinski definition) is 3. The molecule has 0 aliphatic carbocycles. The van der Waals surface area contributed by atoms with E-state index in [1.54, 1.807) is 0 Å². The zero-order valence-corrected chi connectivity index (χ0v) is 13.6. The molecule has 1 rings (SSSR count). The van der Waals surface area contributed by atoms with Crippen LogP contribution in [0.1, 0.15) is 58.0 Å². The summed E-state index contributed by atoms with van der Waals surface area (Å²) in [5.41, 5.74) is 2.76. The maximum absolute atomic E-state index is 12.0. The Morgan fingerprint density at radius 3 is 2.40 bits per heavy atom. The lowest BCUT2D eigenvalue weighted by Crippen LogP contribution is -2.24. The average Bonchev–Trinajstić information content (AvgIpc) is 2.62. The molecule has 114 valence electrons. The van der Waals surface area contributed by atoms with Crippen LogP contribution in [0, 0.1) is 13.8 Å². The molecule has 5 heteroatoms. The van der Waals surface area contributed by atoms with Crippen molar-refractivity contribution < 1.29 is 4.79 Å². The molecular weight excluding hydrogens is 252 g/mol. The first-order chi connectivity index (χ1) is 9.32. The van der Waals surface area contributed by atoms with Crippen molar-refractivity contribution in [3.63, 3.8) is 0 Å². The fourth-order valence-corrected chi connectivity index (χ4v) is 2.19. The maximum atomic E-state index is 12.0. The van der Waals surface area contributed by atoms with E-state index in [0.29, 0.717) is 18.5 Å². The fourth-order valence-electron chi connectivity index (χ4n) is 2.19. The molecule has 0 aromatic carbocycles. The SMILES string of the molecule is Cc1nn(C(C)C)c(C)c1NC(=O)CCCNC(C)C. The maximum Gasteiger partial charge on any atom is 0.224 e. The molecule has 0 atom stereocenters. The highest BCUT2D eigenvalue weighted by molar-refractivity contribution is 5.91.